The predicted molar refractivity (Wildman–Crippen MR) is 120 cm³/mol. The zero-order valence-electron chi connectivity index (χ0n) is 18.8. The number of rotatable bonds is 9. The summed E-state index contributed by atoms with van der Waals surface area (Å²) >= 11 is 0. The molecule has 9 heteroatoms. The van der Waals surface area contributed by atoms with E-state index >= 15 is 0 Å². The van der Waals surface area contributed by atoms with Crippen molar-refractivity contribution >= 4 is 27.5 Å². The Morgan fingerprint density at radius 3 is 2.29 bits per heavy atom. The summed E-state index contributed by atoms with van der Waals surface area (Å²) < 4.78 is 26.9. The summed E-state index contributed by atoms with van der Waals surface area (Å²) in [7, 11) is -3.75. The third-order valence-electron chi connectivity index (χ3n) is 5.79. The van der Waals surface area contributed by atoms with Crippen LogP contribution in [0.15, 0.2) is 23.1 Å². The first kappa shape index (κ1) is 25.1. The minimum atomic E-state index is -3.75. The number of benzene rings is 1. The van der Waals surface area contributed by atoms with Gasteiger partial charge in [-0.15, -0.1) is 0 Å². The van der Waals surface area contributed by atoms with E-state index in [-0.39, 0.29) is 34.1 Å². The Labute approximate surface area is 185 Å². The van der Waals surface area contributed by atoms with Crippen LogP contribution in [0.25, 0.3) is 0 Å². The second-order valence-corrected chi connectivity index (χ2v) is 10.3. The molecule has 2 rings (SSSR count). The molecule has 0 heterocycles. The number of amides is 2. The molecule has 1 saturated carbocycles. The predicted octanol–water partition coefficient (Wildman–Crippen LogP) is 3.08. The van der Waals surface area contributed by atoms with Crippen LogP contribution in [0.3, 0.4) is 0 Å². The number of anilines is 1. The highest BCUT2D eigenvalue weighted by Gasteiger charge is 2.29. The first-order valence-corrected chi connectivity index (χ1v) is 12.5. The van der Waals surface area contributed by atoms with Crippen LogP contribution in [0.5, 0.6) is 5.75 Å². The van der Waals surface area contributed by atoms with Crippen molar-refractivity contribution in [2.24, 2.45) is 11.8 Å². The third-order valence-corrected chi connectivity index (χ3v) is 7.84. The number of carbonyl (C=O) groups excluding carboxylic acids is 2. The molecule has 0 radical (unpaired) electrons. The van der Waals surface area contributed by atoms with E-state index in [0.717, 1.165) is 32.1 Å². The maximum absolute atomic E-state index is 12.9. The zero-order valence-corrected chi connectivity index (χ0v) is 19.7. The van der Waals surface area contributed by atoms with Gasteiger partial charge in [-0.05, 0) is 37.0 Å². The fourth-order valence-corrected chi connectivity index (χ4v) is 5.35. The molecule has 0 spiro atoms. The lowest BCUT2D eigenvalue weighted by Gasteiger charge is -2.26. The second-order valence-electron chi connectivity index (χ2n) is 8.32. The van der Waals surface area contributed by atoms with E-state index in [0.29, 0.717) is 13.1 Å². The molecule has 1 fully saturated rings. The summed E-state index contributed by atoms with van der Waals surface area (Å²) in [6.45, 7) is 7.76. The number of sulfonamides is 1. The Balaban J connectivity index is 2.20. The molecule has 1 aromatic carbocycles. The number of hydrogen-bond acceptors (Lipinski definition) is 5. The van der Waals surface area contributed by atoms with E-state index < -0.39 is 22.0 Å². The molecule has 0 saturated heterocycles. The quantitative estimate of drug-likeness (QED) is 0.497. The van der Waals surface area contributed by atoms with Gasteiger partial charge in [-0.25, -0.2) is 8.42 Å². The van der Waals surface area contributed by atoms with Crippen molar-refractivity contribution in [2.75, 3.05) is 18.4 Å². The van der Waals surface area contributed by atoms with Gasteiger partial charge in [0.2, 0.25) is 21.8 Å². The van der Waals surface area contributed by atoms with Gasteiger partial charge in [0.05, 0.1) is 10.6 Å². The minimum Gasteiger partial charge on any atom is -0.506 e. The van der Waals surface area contributed by atoms with Crippen LogP contribution in [0.1, 0.15) is 59.8 Å². The fourth-order valence-electron chi connectivity index (χ4n) is 3.87. The number of phenolic OH excluding ortho intramolecular Hbond substituents is 1. The topological polar surface area (TPSA) is 116 Å². The van der Waals surface area contributed by atoms with Gasteiger partial charge < -0.3 is 15.7 Å². The van der Waals surface area contributed by atoms with Crippen LogP contribution in [0.4, 0.5) is 5.69 Å². The van der Waals surface area contributed by atoms with Gasteiger partial charge in [-0.2, -0.15) is 4.31 Å². The summed E-state index contributed by atoms with van der Waals surface area (Å²) in [5.41, 5.74) is -0.00389. The van der Waals surface area contributed by atoms with Gasteiger partial charge in [0.1, 0.15) is 11.8 Å². The van der Waals surface area contributed by atoms with E-state index in [2.05, 4.69) is 10.6 Å². The van der Waals surface area contributed by atoms with Crippen molar-refractivity contribution in [3.05, 3.63) is 18.2 Å². The van der Waals surface area contributed by atoms with E-state index in [1.54, 1.807) is 13.8 Å². The highest BCUT2D eigenvalue weighted by molar-refractivity contribution is 7.89. The Kier molecular flexibility index (Phi) is 8.88. The van der Waals surface area contributed by atoms with Crippen LogP contribution >= 0.6 is 0 Å². The Morgan fingerprint density at radius 1 is 1.13 bits per heavy atom. The van der Waals surface area contributed by atoms with E-state index in [1.165, 1.54) is 22.5 Å². The van der Waals surface area contributed by atoms with Gasteiger partial charge >= 0.3 is 0 Å². The second kappa shape index (κ2) is 10.9. The Hall–Kier alpha value is -2.13. The average Bonchev–Trinajstić information content (AvgIpc) is 2.74. The van der Waals surface area contributed by atoms with Crippen LogP contribution < -0.4 is 10.6 Å². The molecule has 174 valence electrons. The fraction of sp³-hybridized carbons (Fsp3) is 0.636. The molecule has 31 heavy (non-hydrogen) atoms. The number of nitrogens with zero attached hydrogens (tertiary/aromatic N) is 1. The minimum absolute atomic E-state index is 0.00389. The zero-order chi connectivity index (χ0) is 23.2. The van der Waals surface area contributed by atoms with Crippen molar-refractivity contribution in [2.45, 2.75) is 70.7 Å². The maximum atomic E-state index is 12.9. The smallest absolute Gasteiger partial charge is 0.247 e. The average molecular weight is 454 g/mol. The van der Waals surface area contributed by atoms with Crippen LogP contribution in [0, 0.1) is 11.8 Å². The molecular formula is C22H35N3O5S. The molecule has 1 aromatic rings. The number of carbonyl (C=O) groups is 2. The maximum Gasteiger partial charge on any atom is 0.247 e. The van der Waals surface area contributed by atoms with Gasteiger partial charge in [-0.3, -0.25) is 9.59 Å². The lowest BCUT2D eigenvalue weighted by molar-refractivity contribution is -0.130. The SMILES string of the molecule is CCN(CC)S(=O)(=O)c1ccc(O)c(NC(=O)C(NC(=O)C2CCCCC2)C(C)C)c1. The van der Waals surface area contributed by atoms with Gasteiger partial charge in [0, 0.05) is 19.0 Å². The molecule has 0 aliphatic heterocycles. The largest absolute Gasteiger partial charge is 0.506 e. The van der Waals surface area contributed by atoms with Gasteiger partial charge in [0.15, 0.2) is 0 Å². The molecule has 1 unspecified atom stereocenters. The molecular weight excluding hydrogens is 418 g/mol. The first-order chi connectivity index (χ1) is 14.6. The number of nitrogens with one attached hydrogen (secondary N) is 2. The Morgan fingerprint density at radius 2 is 1.74 bits per heavy atom. The Bertz CT molecular complexity index is 875. The summed E-state index contributed by atoms with van der Waals surface area (Å²) in [6, 6.07) is 3.01. The molecule has 3 N–H and O–H groups in total. The van der Waals surface area contributed by atoms with Crippen LogP contribution in [0.2, 0.25) is 0 Å². The molecule has 1 aliphatic rings. The third kappa shape index (κ3) is 6.20. The van der Waals surface area contributed by atoms with Crippen LogP contribution in [-0.4, -0.2) is 48.8 Å². The van der Waals surface area contributed by atoms with Gasteiger partial charge in [0.25, 0.3) is 0 Å². The molecule has 1 atom stereocenters. The highest BCUT2D eigenvalue weighted by Crippen LogP contribution is 2.29. The summed E-state index contributed by atoms with van der Waals surface area (Å²) in [4.78, 5) is 25.6. The van der Waals surface area contributed by atoms with Crippen molar-refractivity contribution in [3.63, 3.8) is 0 Å². The van der Waals surface area contributed by atoms with Crippen molar-refractivity contribution in [3.8, 4) is 5.75 Å². The lowest BCUT2D eigenvalue weighted by atomic mass is 9.88. The van der Waals surface area contributed by atoms with Gasteiger partial charge in [-0.1, -0.05) is 47.0 Å². The first-order valence-electron chi connectivity index (χ1n) is 11.1. The molecule has 0 bridgehead atoms. The number of hydrogen-bond donors (Lipinski definition) is 3. The highest BCUT2D eigenvalue weighted by atomic mass is 32.2. The van der Waals surface area contributed by atoms with E-state index in [9.17, 15) is 23.1 Å². The number of phenols is 1. The normalized spacial score (nSPS) is 16.3. The molecule has 8 nitrogen and oxygen atoms in total. The van der Waals surface area contributed by atoms with E-state index in [4.69, 9.17) is 0 Å². The summed E-state index contributed by atoms with van der Waals surface area (Å²) in [5.74, 6) is -1.13. The number of aromatic hydroxyl groups is 1. The van der Waals surface area contributed by atoms with Crippen molar-refractivity contribution < 1.29 is 23.1 Å². The van der Waals surface area contributed by atoms with E-state index in [1.807, 2.05) is 13.8 Å². The molecule has 1 aliphatic carbocycles. The van der Waals surface area contributed by atoms with Crippen molar-refractivity contribution in [1.29, 1.82) is 0 Å². The monoisotopic (exact) mass is 453 g/mol. The van der Waals surface area contributed by atoms with Crippen molar-refractivity contribution in [1.82, 2.24) is 9.62 Å². The summed E-state index contributed by atoms with van der Waals surface area (Å²) in [6.07, 6.45) is 4.80. The lowest BCUT2D eigenvalue weighted by Crippen LogP contribution is -2.49. The molecule has 0 aromatic heterocycles. The molecule has 2 amide bonds. The standard InChI is InChI=1S/C22H35N3O5S/c1-5-25(6-2)31(29,30)17-12-13-19(26)18(14-17)23-22(28)20(15(3)4)24-21(27)16-10-8-7-9-11-16/h12-16,20,26H,5-11H2,1-4H3,(H,23,28)(H,24,27). The van der Waals surface area contributed by atoms with Crippen LogP contribution in [-0.2, 0) is 19.6 Å². The summed E-state index contributed by atoms with van der Waals surface area (Å²) in [5, 5.41) is 15.6.